The van der Waals surface area contributed by atoms with Gasteiger partial charge >= 0.3 is 5.97 Å². The first-order chi connectivity index (χ1) is 15.4. The van der Waals surface area contributed by atoms with Crippen LogP contribution in [0, 0.1) is 6.92 Å². The van der Waals surface area contributed by atoms with Crippen LogP contribution in [0.4, 0.5) is 0 Å². The van der Waals surface area contributed by atoms with E-state index in [2.05, 4.69) is 4.99 Å². The van der Waals surface area contributed by atoms with Gasteiger partial charge in [-0.15, -0.1) is 0 Å². The lowest BCUT2D eigenvalue weighted by atomic mass is 9.95. The lowest BCUT2D eigenvalue weighted by molar-refractivity contribution is -0.136. The molecule has 0 spiro atoms. The molecule has 0 fully saturated rings. The van der Waals surface area contributed by atoms with Crippen molar-refractivity contribution in [1.82, 2.24) is 4.57 Å². The van der Waals surface area contributed by atoms with Crippen LogP contribution in [0.2, 0.25) is 0 Å². The molecule has 0 bridgehead atoms. The number of ether oxygens (including phenoxy) is 3. The summed E-state index contributed by atoms with van der Waals surface area (Å²) in [7, 11) is 4.38. The van der Waals surface area contributed by atoms with Crippen LogP contribution in [-0.2, 0) is 9.53 Å². The molecule has 1 aliphatic heterocycles. The highest BCUT2D eigenvalue weighted by molar-refractivity contribution is 7.07. The first-order valence-corrected chi connectivity index (χ1v) is 10.6. The van der Waals surface area contributed by atoms with E-state index in [-0.39, 0.29) is 11.1 Å². The summed E-state index contributed by atoms with van der Waals surface area (Å²) in [6.07, 6.45) is 1.68. The van der Waals surface area contributed by atoms with Gasteiger partial charge < -0.3 is 18.6 Å². The van der Waals surface area contributed by atoms with Gasteiger partial charge in [-0.25, -0.2) is 9.79 Å². The Morgan fingerprint density at radius 2 is 1.88 bits per heavy atom. The minimum absolute atomic E-state index is 0.281. The van der Waals surface area contributed by atoms with Crippen LogP contribution in [0.1, 0.15) is 30.0 Å². The van der Waals surface area contributed by atoms with Gasteiger partial charge in [0.25, 0.3) is 5.56 Å². The summed E-state index contributed by atoms with van der Waals surface area (Å²) in [6, 6.07) is 8.16. The van der Waals surface area contributed by atoms with E-state index in [1.807, 2.05) is 13.0 Å². The summed E-state index contributed by atoms with van der Waals surface area (Å²) in [5, 5.41) is 0. The van der Waals surface area contributed by atoms with Gasteiger partial charge in [0.1, 0.15) is 11.5 Å². The number of carbonyl (C=O) groups is 1. The van der Waals surface area contributed by atoms with Crippen LogP contribution in [0.3, 0.4) is 0 Å². The summed E-state index contributed by atoms with van der Waals surface area (Å²) < 4.78 is 23.3. The van der Waals surface area contributed by atoms with Crippen LogP contribution in [0.25, 0.3) is 6.08 Å². The van der Waals surface area contributed by atoms with Gasteiger partial charge in [0.05, 0.1) is 43.2 Å². The smallest absolute Gasteiger partial charge is 0.338 e. The number of methoxy groups -OCH3 is 3. The molecule has 9 heteroatoms. The Balaban J connectivity index is 1.98. The van der Waals surface area contributed by atoms with Crippen LogP contribution in [0.15, 0.2) is 55.8 Å². The largest absolute Gasteiger partial charge is 0.493 e. The number of furan rings is 1. The maximum Gasteiger partial charge on any atom is 0.338 e. The molecular formula is C23H22N2O6S. The molecule has 32 heavy (non-hydrogen) atoms. The number of rotatable bonds is 5. The zero-order chi connectivity index (χ0) is 23.0. The third-order valence-corrected chi connectivity index (χ3v) is 6.17. The molecule has 1 aliphatic rings. The number of carbonyl (C=O) groups excluding carboxylic acids is 1. The standard InChI is InChI=1S/C23H22N2O6S/c1-12-6-8-15(31-12)11-18-21(26)25-20(14-7-9-16(28-3)17(10-14)29-4)19(22(27)30-5)13(2)24-23(25)32-18/h6-11,20H,1-5H3/t20-/m1/s1. The summed E-state index contributed by atoms with van der Waals surface area (Å²) in [6.45, 7) is 3.56. The Labute approximate surface area is 187 Å². The van der Waals surface area contributed by atoms with Gasteiger partial charge in [-0.1, -0.05) is 17.4 Å². The number of thiazole rings is 1. The first kappa shape index (κ1) is 21.6. The summed E-state index contributed by atoms with van der Waals surface area (Å²) >= 11 is 1.23. The fourth-order valence-electron chi connectivity index (χ4n) is 3.69. The molecule has 0 N–H and O–H groups in total. The number of hydrogen-bond donors (Lipinski definition) is 0. The maximum absolute atomic E-state index is 13.5. The van der Waals surface area contributed by atoms with Crippen molar-refractivity contribution in [3.8, 4) is 11.5 Å². The molecule has 4 rings (SSSR count). The summed E-state index contributed by atoms with van der Waals surface area (Å²) in [5.41, 5.74) is 1.15. The topological polar surface area (TPSA) is 92.3 Å². The second-order valence-electron chi connectivity index (χ2n) is 7.14. The molecule has 3 heterocycles. The van der Waals surface area contributed by atoms with E-state index in [9.17, 15) is 9.59 Å². The van der Waals surface area contributed by atoms with Crippen molar-refractivity contribution in [2.75, 3.05) is 21.3 Å². The molecule has 2 aromatic heterocycles. The Morgan fingerprint density at radius 3 is 2.50 bits per heavy atom. The highest BCUT2D eigenvalue weighted by atomic mass is 32.1. The lowest BCUT2D eigenvalue weighted by Crippen LogP contribution is -2.39. The second-order valence-corrected chi connectivity index (χ2v) is 8.15. The third-order valence-electron chi connectivity index (χ3n) is 5.18. The predicted octanol–water partition coefficient (Wildman–Crippen LogP) is 2.33. The van der Waals surface area contributed by atoms with Gasteiger partial charge in [0.2, 0.25) is 0 Å². The van der Waals surface area contributed by atoms with Gasteiger partial charge in [0.15, 0.2) is 16.3 Å². The number of allylic oxidation sites excluding steroid dienone is 1. The molecule has 0 unspecified atom stereocenters. The number of hydrogen-bond acceptors (Lipinski definition) is 8. The van der Waals surface area contributed by atoms with Crippen molar-refractivity contribution in [1.29, 1.82) is 0 Å². The number of nitrogens with zero attached hydrogens (tertiary/aromatic N) is 2. The molecule has 3 aromatic rings. The van der Waals surface area contributed by atoms with Crippen molar-refractivity contribution in [3.63, 3.8) is 0 Å². The maximum atomic E-state index is 13.5. The normalized spacial score (nSPS) is 15.9. The van der Waals surface area contributed by atoms with E-state index >= 15 is 0 Å². The van der Waals surface area contributed by atoms with E-state index in [1.54, 1.807) is 44.4 Å². The number of aromatic nitrogens is 1. The van der Waals surface area contributed by atoms with Crippen LogP contribution in [-0.4, -0.2) is 31.9 Å². The monoisotopic (exact) mass is 454 g/mol. The van der Waals surface area contributed by atoms with Crippen molar-refractivity contribution in [2.24, 2.45) is 4.99 Å². The van der Waals surface area contributed by atoms with Crippen molar-refractivity contribution < 1.29 is 23.4 Å². The zero-order valence-corrected chi connectivity index (χ0v) is 19.1. The Bertz CT molecular complexity index is 1410. The molecule has 0 saturated heterocycles. The molecule has 1 atom stereocenters. The molecule has 1 aromatic carbocycles. The van der Waals surface area contributed by atoms with Gasteiger partial charge in [-0.2, -0.15) is 0 Å². The highest BCUT2D eigenvalue weighted by Gasteiger charge is 2.33. The fourth-order valence-corrected chi connectivity index (χ4v) is 4.72. The second kappa shape index (κ2) is 8.51. The summed E-state index contributed by atoms with van der Waals surface area (Å²) in [4.78, 5) is 31.2. The number of fused-ring (bicyclic) bond motifs is 1. The molecule has 166 valence electrons. The number of esters is 1. The van der Waals surface area contributed by atoms with Gasteiger partial charge in [-0.3, -0.25) is 9.36 Å². The number of aryl methyl sites for hydroxylation is 1. The van der Waals surface area contributed by atoms with Crippen LogP contribution >= 0.6 is 11.3 Å². The van der Waals surface area contributed by atoms with E-state index in [0.717, 1.165) is 5.76 Å². The number of benzene rings is 1. The fraction of sp³-hybridized carbons (Fsp3) is 0.261. The zero-order valence-electron chi connectivity index (χ0n) is 18.3. The minimum atomic E-state index is -0.737. The molecule has 0 saturated carbocycles. The first-order valence-electron chi connectivity index (χ1n) is 9.77. The van der Waals surface area contributed by atoms with Crippen LogP contribution < -0.4 is 24.4 Å². The Hall–Kier alpha value is -3.59. The van der Waals surface area contributed by atoms with Crippen LogP contribution in [0.5, 0.6) is 11.5 Å². The summed E-state index contributed by atoms with van der Waals surface area (Å²) in [5.74, 6) is 1.78. The third kappa shape index (κ3) is 3.64. The average Bonchev–Trinajstić information content (AvgIpc) is 3.34. The van der Waals surface area contributed by atoms with Crippen molar-refractivity contribution in [2.45, 2.75) is 19.9 Å². The minimum Gasteiger partial charge on any atom is -0.493 e. The van der Waals surface area contributed by atoms with E-state index in [1.165, 1.54) is 30.1 Å². The van der Waals surface area contributed by atoms with E-state index < -0.39 is 12.0 Å². The van der Waals surface area contributed by atoms with Crippen molar-refractivity contribution >= 4 is 23.4 Å². The molecule has 8 nitrogen and oxygen atoms in total. The lowest BCUT2D eigenvalue weighted by Gasteiger charge is -2.25. The van der Waals surface area contributed by atoms with E-state index in [4.69, 9.17) is 18.6 Å². The predicted molar refractivity (Wildman–Crippen MR) is 119 cm³/mol. The van der Waals surface area contributed by atoms with Gasteiger partial charge in [-0.05, 0) is 43.7 Å². The van der Waals surface area contributed by atoms with E-state index in [0.29, 0.717) is 37.9 Å². The molecule has 0 aliphatic carbocycles. The van der Waals surface area contributed by atoms with Crippen molar-refractivity contribution in [3.05, 3.63) is 78.4 Å². The quantitative estimate of drug-likeness (QED) is 0.550. The van der Waals surface area contributed by atoms with Gasteiger partial charge in [0, 0.05) is 6.08 Å². The Morgan fingerprint density at radius 1 is 1.12 bits per heavy atom. The SMILES string of the molecule is COC(=O)C1=C(C)N=c2sc(=Cc3ccc(C)o3)c(=O)n2[C@@H]1c1ccc(OC)c(OC)c1. The molecule has 0 radical (unpaired) electrons. The average molecular weight is 455 g/mol. The Kier molecular flexibility index (Phi) is 5.75. The highest BCUT2D eigenvalue weighted by Crippen LogP contribution is 2.35. The molecular weight excluding hydrogens is 432 g/mol. The molecule has 0 amide bonds.